The molecule has 0 atom stereocenters. The van der Waals surface area contributed by atoms with Crippen LogP contribution in [0, 0.1) is 0 Å². The van der Waals surface area contributed by atoms with Gasteiger partial charge >= 0.3 is 0 Å². The van der Waals surface area contributed by atoms with E-state index in [0.29, 0.717) is 30.2 Å². The molecule has 0 unspecified atom stereocenters. The van der Waals surface area contributed by atoms with Gasteiger partial charge in [-0.25, -0.2) is 0 Å². The third-order valence-electron chi connectivity index (χ3n) is 2.40. The lowest BCUT2D eigenvalue weighted by molar-refractivity contribution is 0.0943. The first-order valence-electron chi connectivity index (χ1n) is 6.05. The largest absolute Gasteiger partial charge is 0.490 e. The number of nitrogen functional groups attached to an aromatic ring is 1. The predicted molar refractivity (Wildman–Crippen MR) is 70.6 cm³/mol. The molecule has 4 N–H and O–H groups in total. The topological polar surface area (TPSA) is 87.6 Å². The van der Waals surface area contributed by atoms with Crippen LogP contribution in [0.4, 0.5) is 5.69 Å². The van der Waals surface area contributed by atoms with Gasteiger partial charge in [-0.3, -0.25) is 4.79 Å². The van der Waals surface area contributed by atoms with Gasteiger partial charge in [0.25, 0.3) is 5.91 Å². The fourth-order valence-corrected chi connectivity index (χ4v) is 1.43. The van der Waals surface area contributed by atoms with Crippen LogP contribution in [0.2, 0.25) is 0 Å². The molecule has 0 radical (unpaired) electrons. The fourth-order valence-electron chi connectivity index (χ4n) is 1.43. The number of nitrogens with two attached hydrogens (primary N) is 2. The lowest BCUT2D eigenvalue weighted by atomic mass is 10.1. The second-order valence-electron chi connectivity index (χ2n) is 3.93. The second kappa shape index (κ2) is 7.55. The number of anilines is 1. The molecule has 0 fully saturated rings. The Bertz CT molecular complexity index is 394. The highest BCUT2D eigenvalue weighted by atomic mass is 16.5. The fraction of sp³-hybridized carbons (Fsp3) is 0.462. The van der Waals surface area contributed by atoms with E-state index in [-0.39, 0.29) is 0 Å². The van der Waals surface area contributed by atoms with Gasteiger partial charge < -0.3 is 20.9 Å². The molecule has 18 heavy (non-hydrogen) atoms. The second-order valence-corrected chi connectivity index (χ2v) is 3.93. The van der Waals surface area contributed by atoms with Gasteiger partial charge in [0.15, 0.2) is 0 Å². The van der Waals surface area contributed by atoms with E-state index in [4.69, 9.17) is 20.9 Å². The van der Waals surface area contributed by atoms with Gasteiger partial charge in [0.1, 0.15) is 12.4 Å². The molecule has 5 heteroatoms. The summed E-state index contributed by atoms with van der Waals surface area (Å²) in [6.07, 6.45) is 2.14. The standard InChI is InChI=1S/C13H20N2O3/c1-2-3-6-17-7-8-18-12-5-4-10(14)9-11(12)13(15)16/h4-5,9H,2-3,6-8,14H2,1H3,(H2,15,16). The van der Waals surface area contributed by atoms with E-state index < -0.39 is 5.91 Å². The summed E-state index contributed by atoms with van der Waals surface area (Å²) in [7, 11) is 0. The highest BCUT2D eigenvalue weighted by Gasteiger charge is 2.09. The first kappa shape index (κ1) is 14.3. The molecular formula is C13H20N2O3. The van der Waals surface area contributed by atoms with Crippen molar-refractivity contribution in [3.8, 4) is 5.75 Å². The summed E-state index contributed by atoms with van der Waals surface area (Å²) in [5, 5.41) is 0. The van der Waals surface area contributed by atoms with Crippen molar-refractivity contribution in [1.29, 1.82) is 0 Å². The van der Waals surface area contributed by atoms with Crippen molar-refractivity contribution >= 4 is 11.6 Å². The van der Waals surface area contributed by atoms with Crippen molar-refractivity contribution in [1.82, 2.24) is 0 Å². The van der Waals surface area contributed by atoms with Crippen molar-refractivity contribution in [3.63, 3.8) is 0 Å². The Kier molecular flexibility index (Phi) is 6.00. The highest BCUT2D eigenvalue weighted by Crippen LogP contribution is 2.20. The summed E-state index contributed by atoms with van der Waals surface area (Å²) in [6, 6.07) is 4.82. The zero-order valence-corrected chi connectivity index (χ0v) is 10.6. The zero-order valence-electron chi connectivity index (χ0n) is 10.6. The van der Waals surface area contributed by atoms with Gasteiger partial charge in [-0.05, 0) is 24.6 Å². The molecule has 0 aliphatic carbocycles. The summed E-state index contributed by atoms with van der Waals surface area (Å²) < 4.78 is 10.8. The minimum Gasteiger partial charge on any atom is -0.490 e. The van der Waals surface area contributed by atoms with E-state index in [1.165, 1.54) is 6.07 Å². The average Bonchev–Trinajstić information content (AvgIpc) is 2.35. The molecule has 1 rings (SSSR count). The van der Waals surface area contributed by atoms with Gasteiger partial charge in [-0.15, -0.1) is 0 Å². The molecule has 5 nitrogen and oxygen atoms in total. The number of hydrogen-bond acceptors (Lipinski definition) is 4. The van der Waals surface area contributed by atoms with Crippen LogP contribution in [0.1, 0.15) is 30.1 Å². The van der Waals surface area contributed by atoms with Crippen LogP contribution in [0.25, 0.3) is 0 Å². The van der Waals surface area contributed by atoms with Gasteiger partial charge in [0.05, 0.1) is 12.2 Å². The third kappa shape index (κ3) is 4.63. The van der Waals surface area contributed by atoms with Crippen LogP contribution >= 0.6 is 0 Å². The summed E-state index contributed by atoms with van der Waals surface area (Å²) in [6.45, 7) is 3.70. The Morgan fingerprint density at radius 1 is 1.28 bits per heavy atom. The molecule has 100 valence electrons. The number of unbranched alkanes of at least 4 members (excludes halogenated alkanes) is 1. The Morgan fingerprint density at radius 2 is 2.06 bits per heavy atom. The number of hydrogen-bond donors (Lipinski definition) is 2. The number of primary amides is 1. The normalized spacial score (nSPS) is 10.3. The minimum absolute atomic E-state index is 0.295. The molecule has 1 amide bonds. The van der Waals surface area contributed by atoms with Crippen molar-refractivity contribution in [3.05, 3.63) is 23.8 Å². The average molecular weight is 252 g/mol. The summed E-state index contributed by atoms with van der Waals surface area (Å²) in [4.78, 5) is 11.2. The Morgan fingerprint density at radius 3 is 2.72 bits per heavy atom. The summed E-state index contributed by atoms with van der Waals surface area (Å²) >= 11 is 0. The van der Waals surface area contributed by atoms with Crippen molar-refractivity contribution in [2.24, 2.45) is 5.73 Å². The smallest absolute Gasteiger partial charge is 0.252 e. The minimum atomic E-state index is -0.552. The van der Waals surface area contributed by atoms with Gasteiger partial charge in [-0.2, -0.15) is 0 Å². The van der Waals surface area contributed by atoms with E-state index in [0.717, 1.165) is 19.4 Å². The van der Waals surface area contributed by atoms with Crippen LogP contribution in [0.15, 0.2) is 18.2 Å². The van der Waals surface area contributed by atoms with E-state index in [1.807, 2.05) is 0 Å². The van der Waals surface area contributed by atoms with E-state index in [9.17, 15) is 4.79 Å². The van der Waals surface area contributed by atoms with Crippen molar-refractivity contribution in [2.75, 3.05) is 25.6 Å². The lowest BCUT2D eigenvalue weighted by Crippen LogP contribution is -2.15. The number of ether oxygens (including phenoxy) is 2. The van der Waals surface area contributed by atoms with Gasteiger partial charge in [0.2, 0.25) is 0 Å². The molecule has 0 aliphatic heterocycles. The number of benzene rings is 1. The van der Waals surface area contributed by atoms with E-state index in [2.05, 4.69) is 6.92 Å². The predicted octanol–water partition coefficient (Wildman–Crippen LogP) is 1.56. The van der Waals surface area contributed by atoms with Crippen LogP contribution < -0.4 is 16.2 Å². The maximum Gasteiger partial charge on any atom is 0.252 e. The number of carbonyl (C=O) groups excluding carboxylic acids is 1. The molecular weight excluding hydrogens is 232 g/mol. The van der Waals surface area contributed by atoms with Crippen LogP contribution in [0.5, 0.6) is 5.75 Å². The zero-order chi connectivity index (χ0) is 13.4. The number of rotatable bonds is 8. The number of carbonyl (C=O) groups is 1. The quantitative estimate of drug-likeness (QED) is 0.543. The maximum absolute atomic E-state index is 11.2. The Balaban J connectivity index is 2.44. The summed E-state index contributed by atoms with van der Waals surface area (Å²) in [5.41, 5.74) is 11.6. The van der Waals surface area contributed by atoms with Crippen molar-refractivity contribution < 1.29 is 14.3 Å². The van der Waals surface area contributed by atoms with E-state index >= 15 is 0 Å². The van der Waals surface area contributed by atoms with Crippen molar-refractivity contribution in [2.45, 2.75) is 19.8 Å². The monoisotopic (exact) mass is 252 g/mol. The molecule has 0 heterocycles. The van der Waals surface area contributed by atoms with Gasteiger partial charge in [0, 0.05) is 12.3 Å². The van der Waals surface area contributed by atoms with Crippen LogP contribution in [-0.2, 0) is 4.74 Å². The molecule has 0 bridgehead atoms. The molecule has 0 aliphatic rings. The molecule has 0 spiro atoms. The SMILES string of the molecule is CCCCOCCOc1ccc(N)cc1C(N)=O. The molecule has 0 saturated carbocycles. The molecule has 1 aromatic rings. The number of amides is 1. The lowest BCUT2D eigenvalue weighted by Gasteiger charge is -2.10. The molecule has 0 saturated heterocycles. The first-order valence-corrected chi connectivity index (χ1v) is 6.05. The third-order valence-corrected chi connectivity index (χ3v) is 2.40. The van der Waals surface area contributed by atoms with E-state index in [1.54, 1.807) is 12.1 Å². The molecule has 1 aromatic carbocycles. The van der Waals surface area contributed by atoms with Gasteiger partial charge in [-0.1, -0.05) is 13.3 Å². The maximum atomic E-state index is 11.2. The first-order chi connectivity index (χ1) is 8.65. The Hall–Kier alpha value is -1.75. The summed E-state index contributed by atoms with van der Waals surface area (Å²) in [5.74, 6) is -0.111. The highest BCUT2D eigenvalue weighted by molar-refractivity contribution is 5.96. The Labute approximate surface area is 107 Å². The van der Waals surface area contributed by atoms with Crippen LogP contribution in [-0.4, -0.2) is 25.7 Å². The van der Waals surface area contributed by atoms with Crippen LogP contribution in [0.3, 0.4) is 0 Å². The molecule has 0 aromatic heterocycles.